The highest BCUT2D eigenvalue weighted by atomic mass is 127. The number of alkyl halides is 2. The van der Waals surface area contributed by atoms with E-state index >= 15 is 0 Å². The summed E-state index contributed by atoms with van der Waals surface area (Å²) < 4.78 is 40.7. The van der Waals surface area contributed by atoms with Crippen molar-refractivity contribution < 1.29 is 23.0 Å². The first kappa shape index (κ1) is 24.7. The van der Waals surface area contributed by atoms with Gasteiger partial charge < -0.3 is 34.6 Å². The third-order valence-corrected chi connectivity index (χ3v) is 4.97. The molecule has 0 aromatic heterocycles. The molecule has 1 saturated heterocycles. The Morgan fingerprint density at radius 1 is 1.17 bits per heavy atom. The number of guanidine groups is 1. The summed E-state index contributed by atoms with van der Waals surface area (Å²) >= 11 is 0. The molecule has 8 nitrogen and oxygen atoms in total. The van der Waals surface area contributed by atoms with Crippen molar-refractivity contribution in [1.29, 1.82) is 0 Å². The van der Waals surface area contributed by atoms with Crippen LogP contribution in [0.15, 0.2) is 17.1 Å². The molecule has 1 aromatic carbocycles. The lowest BCUT2D eigenvalue weighted by Gasteiger charge is -2.21. The van der Waals surface area contributed by atoms with Gasteiger partial charge in [-0.05, 0) is 32.6 Å². The molecule has 2 aliphatic heterocycles. The van der Waals surface area contributed by atoms with Crippen LogP contribution in [0.5, 0.6) is 17.2 Å². The number of halogens is 3. The Balaban J connectivity index is 0.00000320. The van der Waals surface area contributed by atoms with Gasteiger partial charge in [-0.2, -0.15) is 8.78 Å². The molecular formula is C19H30F2IN5O3. The highest BCUT2D eigenvalue weighted by Gasteiger charge is 2.20. The lowest BCUT2D eigenvalue weighted by Crippen LogP contribution is -2.42. The number of fused-ring (bicyclic) bond motifs is 1. The van der Waals surface area contributed by atoms with Gasteiger partial charge in [0.05, 0.1) is 0 Å². The Bertz CT molecular complexity index is 711. The van der Waals surface area contributed by atoms with Crippen LogP contribution in [0.1, 0.15) is 12.0 Å². The van der Waals surface area contributed by atoms with Crippen molar-refractivity contribution in [2.75, 3.05) is 60.2 Å². The number of hydrogen-bond acceptors (Lipinski definition) is 6. The summed E-state index contributed by atoms with van der Waals surface area (Å²) in [7, 11) is 3.82. The number of nitrogens with one attached hydrogen (secondary N) is 2. The van der Waals surface area contributed by atoms with Gasteiger partial charge >= 0.3 is 6.61 Å². The molecule has 170 valence electrons. The van der Waals surface area contributed by atoms with Crippen LogP contribution in [0.25, 0.3) is 0 Å². The highest BCUT2D eigenvalue weighted by molar-refractivity contribution is 14.0. The minimum atomic E-state index is -2.92. The Morgan fingerprint density at radius 3 is 2.67 bits per heavy atom. The van der Waals surface area contributed by atoms with Crippen molar-refractivity contribution in [3.05, 3.63) is 17.7 Å². The van der Waals surface area contributed by atoms with Gasteiger partial charge in [0.2, 0.25) is 6.79 Å². The maximum absolute atomic E-state index is 12.8. The van der Waals surface area contributed by atoms with Crippen LogP contribution in [-0.2, 0) is 6.54 Å². The SMILES string of the molecule is CN=C(NCCN1CCCN(C)CC1)NCc1cc2c(cc1OC(F)F)OCO2.I. The predicted octanol–water partition coefficient (Wildman–Crippen LogP) is 1.94. The van der Waals surface area contributed by atoms with E-state index in [0.717, 1.165) is 39.3 Å². The highest BCUT2D eigenvalue weighted by Crippen LogP contribution is 2.38. The van der Waals surface area contributed by atoms with Crippen molar-refractivity contribution in [3.8, 4) is 17.2 Å². The Labute approximate surface area is 192 Å². The zero-order chi connectivity index (χ0) is 20.6. The van der Waals surface area contributed by atoms with Crippen molar-refractivity contribution in [3.63, 3.8) is 0 Å². The number of hydrogen-bond donors (Lipinski definition) is 2. The monoisotopic (exact) mass is 541 g/mol. The second kappa shape index (κ2) is 12.3. The van der Waals surface area contributed by atoms with Crippen LogP contribution in [0.4, 0.5) is 8.78 Å². The van der Waals surface area contributed by atoms with Crippen LogP contribution in [0.3, 0.4) is 0 Å². The topological polar surface area (TPSA) is 70.6 Å². The molecule has 30 heavy (non-hydrogen) atoms. The quantitative estimate of drug-likeness (QED) is 0.311. The van der Waals surface area contributed by atoms with E-state index in [9.17, 15) is 8.78 Å². The summed E-state index contributed by atoms with van der Waals surface area (Å²) in [6.45, 7) is 3.40. The normalized spacial score (nSPS) is 17.4. The van der Waals surface area contributed by atoms with Gasteiger partial charge in [-0.25, -0.2) is 0 Å². The van der Waals surface area contributed by atoms with Crippen LogP contribution in [-0.4, -0.2) is 82.5 Å². The van der Waals surface area contributed by atoms with Crippen LogP contribution >= 0.6 is 24.0 Å². The Kier molecular flexibility index (Phi) is 10.1. The number of benzene rings is 1. The standard InChI is InChI=1S/C19H29F2N5O3.HI/c1-22-19(23-4-7-26-6-3-5-25(2)8-9-26)24-12-14-10-16-17(28-13-27-16)11-15(14)29-18(20)21;/h10-11,18H,3-9,12-13H2,1-2H3,(H2,22,23,24);1H. The molecule has 0 aliphatic carbocycles. The molecule has 0 saturated carbocycles. The average Bonchev–Trinajstić information content (AvgIpc) is 3.04. The fourth-order valence-corrected chi connectivity index (χ4v) is 3.36. The number of ether oxygens (including phenoxy) is 3. The van der Waals surface area contributed by atoms with Gasteiger partial charge in [0.1, 0.15) is 5.75 Å². The van der Waals surface area contributed by atoms with Gasteiger partial charge in [-0.3, -0.25) is 4.99 Å². The predicted molar refractivity (Wildman–Crippen MR) is 121 cm³/mol. The summed E-state index contributed by atoms with van der Waals surface area (Å²) in [5.41, 5.74) is 0.535. The molecule has 1 fully saturated rings. The third-order valence-electron chi connectivity index (χ3n) is 4.97. The molecule has 0 unspecified atom stereocenters. The van der Waals surface area contributed by atoms with Crippen molar-refractivity contribution in [1.82, 2.24) is 20.4 Å². The van der Waals surface area contributed by atoms with E-state index in [4.69, 9.17) is 9.47 Å². The van der Waals surface area contributed by atoms with Crippen molar-refractivity contribution >= 4 is 29.9 Å². The first-order valence-corrected chi connectivity index (χ1v) is 9.78. The number of nitrogens with zero attached hydrogens (tertiary/aromatic N) is 3. The summed E-state index contributed by atoms with van der Waals surface area (Å²) in [6, 6.07) is 3.08. The lowest BCUT2D eigenvalue weighted by atomic mass is 10.1. The van der Waals surface area contributed by atoms with E-state index < -0.39 is 6.61 Å². The molecule has 0 bridgehead atoms. The molecule has 1 aromatic rings. The smallest absolute Gasteiger partial charge is 0.387 e. The first-order valence-electron chi connectivity index (χ1n) is 9.78. The summed E-state index contributed by atoms with van der Waals surface area (Å²) in [5.74, 6) is 1.56. The summed E-state index contributed by atoms with van der Waals surface area (Å²) in [4.78, 5) is 8.97. The van der Waals surface area contributed by atoms with Crippen LogP contribution < -0.4 is 24.8 Å². The second-order valence-electron chi connectivity index (χ2n) is 7.04. The maximum Gasteiger partial charge on any atom is 0.387 e. The van der Waals surface area contributed by atoms with Gasteiger partial charge in [0.25, 0.3) is 0 Å². The summed E-state index contributed by atoms with van der Waals surface area (Å²) in [5, 5.41) is 6.41. The number of aliphatic imine (C=N–C) groups is 1. The largest absolute Gasteiger partial charge is 0.454 e. The van der Waals surface area contributed by atoms with E-state index in [0.29, 0.717) is 23.0 Å². The molecule has 0 radical (unpaired) electrons. The molecule has 2 heterocycles. The van der Waals surface area contributed by atoms with E-state index in [2.05, 4.69) is 37.2 Å². The fourth-order valence-electron chi connectivity index (χ4n) is 3.36. The Hall–Kier alpha value is -1.60. The molecule has 2 N–H and O–H groups in total. The zero-order valence-electron chi connectivity index (χ0n) is 17.3. The van der Waals surface area contributed by atoms with Crippen LogP contribution in [0.2, 0.25) is 0 Å². The molecular weight excluding hydrogens is 511 g/mol. The maximum atomic E-state index is 12.8. The third kappa shape index (κ3) is 7.27. The lowest BCUT2D eigenvalue weighted by molar-refractivity contribution is -0.0505. The molecule has 0 spiro atoms. The second-order valence-corrected chi connectivity index (χ2v) is 7.04. The Morgan fingerprint density at radius 2 is 1.93 bits per heavy atom. The van der Waals surface area contributed by atoms with Crippen molar-refractivity contribution in [2.45, 2.75) is 19.6 Å². The van der Waals surface area contributed by atoms with Gasteiger partial charge in [-0.1, -0.05) is 0 Å². The number of likely N-dealkylation sites (N-methyl/N-ethyl adjacent to an activating group) is 1. The van der Waals surface area contributed by atoms with Gasteiger partial charge in [0.15, 0.2) is 17.5 Å². The minimum Gasteiger partial charge on any atom is -0.454 e. The number of rotatable bonds is 7. The van der Waals surface area contributed by atoms with E-state index in [1.54, 1.807) is 13.1 Å². The van der Waals surface area contributed by atoms with Gasteiger partial charge in [0, 0.05) is 51.4 Å². The summed E-state index contributed by atoms with van der Waals surface area (Å²) in [6.07, 6.45) is 1.17. The average molecular weight is 541 g/mol. The van der Waals surface area contributed by atoms with Crippen LogP contribution in [0, 0.1) is 0 Å². The first-order chi connectivity index (χ1) is 14.0. The molecule has 3 rings (SSSR count). The molecule has 11 heteroatoms. The molecule has 0 atom stereocenters. The minimum absolute atomic E-state index is 0. The van der Waals surface area contributed by atoms with Gasteiger partial charge in [-0.15, -0.1) is 24.0 Å². The fraction of sp³-hybridized carbons (Fsp3) is 0.632. The molecule has 0 amide bonds. The molecule has 2 aliphatic rings. The van der Waals surface area contributed by atoms with Crippen molar-refractivity contribution in [2.24, 2.45) is 4.99 Å². The van der Waals surface area contributed by atoms with E-state index in [-0.39, 0.29) is 43.1 Å². The van der Waals surface area contributed by atoms with E-state index in [1.165, 1.54) is 12.5 Å². The van der Waals surface area contributed by atoms with E-state index in [1.807, 2.05) is 0 Å². The zero-order valence-corrected chi connectivity index (χ0v) is 19.7.